The fraction of sp³-hybridized carbons (Fsp3) is 0.467. The Balaban J connectivity index is 1.53. The highest BCUT2D eigenvalue weighted by molar-refractivity contribution is 5.57. The molecule has 5 nitrogen and oxygen atoms in total. The van der Waals surface area contributed by atoms with Gasteiger partial charge in [-0.1, -0.05) is 23.4 Å². The van der Waals surface area contributed by atoms with Gasteiger partial charge >= 0.3 is 0 Å². The Labute approximate surface area is 117 Å². The summed E-state index contributed by atoms with van der Waals surface area (Å²) in [5.74, 6) is 1.33. The van der Waals surface area contributed by atoms with Crippen LogP contribution < -0.4 is 10.6 Å². The minimum absolute atomic E-state index is 0.343. The summed E-state index contributed by atoms with van der Waals surface area (Å²) >= 11 is 0. The highest BCUT2D eigenvalue weighted by Crippen LogP contribution is 2.37. The zero-order valence-corrected chi connectivity index (χ0v) is 11.4. The highest BCUT2D eigenvalue weighted by Gasteiger charge is 2.39. The van der Waals surface area contributed by atoms with E-state index < -0.39 is 0 Å². The third kappa shape index (κ3) is 1.81. The third-order valence-electron chi connectivity index (χ3n) is 4.47. The average molecular weight is 270 g/mol. The fourth-order valence-corrected chi connectivity index (χ4v) is 3.04. The zero-order chi connectivity index (χ0) is 13.6. The molecular formula is C15H18N4O. The Kier molecular flexibility index (Phi) is 2.57. The molecule has 20 heavy (non-hydrogen) atoms. The summed E-state index contributed by atoms with van der Waals surface area (Å²) in [6.45, 7) is 1.67. The van der Waals surface area contributed by atoms with Crippen LogP contribution in [0.3, 0.4) is 0 Å². The molecule has 1 aliphatic carbocycles. The molecule has 0 bridgehead atoms. The van der Waals surface area contributed by atoms with Gasteiger partial charge in [0.25, 0.3) is 0 Å². The second-order valence-electron chi connectivity index (χ2n) is 5.82. The molecule has 0 unspecified atom stereocenters. The van der Waals surface area contributed by atoms with Gasteiger partial charge in [-0.05, 0) is 37.3 Å². The first kappa shape index (κ1) is 11.9. The number of anilines is 1. The van der Waals surface area contributed by atoms with Crippen molar-refractivity contribution in [1.29, 1.82) is 0 Å². The molecular weight excluding hydrogens is 252 g/mol. The van der Waals surface area contributed by atoms with Gasteiger partial charge in [0, 0.05) is 12.2 Å². The molecule has 1 aromatic carbocycles. The second-order valence-corrected chi connectivity index (χ2v) is 5.82. The minimum atomic E-state index is -0.343. The van der Waals surface area contributed by atoms with Crippen LogP contribution in [-0.4, -0.2) is 16.7 Å². The van der Waals surface area contributed by atoms with Gasteiger partial charge in [0.2, 0.25) is 5.89 Å². The Morgan fingerprint density at radius 1 is 1.30 bits per heavy atom. The van der Waals surface area contributed by atoms with Gasteiger partial charge in [-0.25, -0.2) is 0 Å². The molecule has 2 N–H and O–H groups in total. The number of aromatic nitrogens is 2. The molecule has 1 fully saturated rings. The summed E-state index contributed by atoms with van der Waals surface area (Å²) in [5.41, 5.74) is 8.55. The second kappa shape index (κ2) is 4.31. The predicted molar refractivity (Wildman–Crippen MR) is 75.2 cm³/mol. The molecule has 2 heterocycles. The van der Waals surface area contributed by atoms with Gasteiger partial charge in [-0.2, -0.15) is 4.98 Å². The molecule has 0 radical (unpaired) electrons. The molecule has 0 spiro atoms. The first-order chi connectivity index (χ1) is 9.74. The molecule has 4 rings (SSSR count). The minimum Gasteiger partial charge on any atom is -0.362 e. The van der Waals surface area contributed by atoms with Gasteiger partial charge < -0.3 is 15.2 Å². The van der Waals surface area contributed by atoms with Gasteiger partial charge in [0.05, 0.1) is 12.1 Å². The maximum absolute atomic E-state index is 6.22. The summed E-state index contributed by atoms with van der Waals surface area (Å²) in [7, 11) is 0. The Morgan fingerprint density at radius 2 is 2.15 bits per heavy atom. The van der Waals surface area contributed by atoms with Crippen LogP contribution in [0, 0.1) is 0 Å². The molecule has 0 amide bonds. The summed E-state index contributed by atoms with van der Waals surface area (Å²) in [5, 5.41) is 4.07. The fourth-order valence-electron chi connectivity index (χ4n) is 3.04. The van der Waals surface area contributed by atoms with Gasteiger partial charge in [-0.3, -0.25) is 0 Å². The van der Waals surface area contributed by atoms with Crippen molar-refractivity contribution in [2.24, 2.45) is 5.73 Å². The van der Waals surface area contributed by atoms with E-state index in [4.69, 9.17) is 10.3 Å². The first-order valence-electron chi connectivity index (χ1n) is 7.19. The van der Waals surface area contributed by atoms with Crippen LogP contribution in [0.25, 0.3) is 0 Å². The van der Waals surface area contributed by atoms with Crippen LogP contribution in [0.4, 0.5) is 5.69 Å². The Hall–Kier alpha value is -1.88. The molecule has 104 valence electrons. The number of para-hydroxylation sites is 1. The van der Waals surface area contributed by atoms with Crippen molar-refractivity contribution in [3.8, 4) is 0 Å². The lowest BCUT2D eigenvalue weighted by atomic mass is 9.77. The van der Waals surface area contributed by atoms with E-state index >= 15 is 0 Å². The van der Waals surface area contributed by atoms with E-state index in [1.165, 1.54) is 11.3 Å². The largest absolute Gasteiger partial charge is 0.362 e. The average Bonchev–Trinajstić information content (AvgIpc) is 3.05. The van der Waals surface area contributed by atoms with Crippen LogP contribution in [0.15, 0.2) is 28.8 Å². The topological polar surface area (TPSA) is 68.2 Å². The van der Waals surface area contributed by atoms with Gasteiger partial charge in [0.1, 0.15) is 0 Å². The maximum atomic E-state index is 6.22. The zero-order valence-electron chi connectivity index (χ0n) is 11.4. The number of rotatable bonds is 3. The van der Waals surface area contributed by atoms with Crippen LogP contribution in [-0.2, 0) is 18.5 Å². The van der Waals surface area contributed by atoms with E-state index in [-0.39, 0.29) is 5.54 Å². The number of hydrogen-bond acceptors (Lipinski definition) is 5. The van der Waals surface area contributed by atoms with Gasteiger partial charge in [0.15, 0.2) is 5.82 Å². The lowest BCUT2D eigenvalue weighted by Gasteiger charge is -2.34. The molecule has 0 saturated heterocycles. The number of fused-ring (bicyclic) bond motifs is 1. The lowest BCUT2D eigenvalue weighted by Crippen LogP contribution is -2.44. The van der Waals surface area contributed by atoms with Crippen molar-refractivity contribution in [2.45, 2.75) is 37.8 Å². The molecule has 5 heteroatoms. The molecule has 1 aliphatic heterocycles. The molecule has 1 aromatic heterocycles. The number of hydrogen-bond donors (Lipinski definition) is 1. The Bertz CT molecular complexity index is 632. The summed E-state index contributed by atoms with van der Waals surface area (Å²) < 4.78 is 5.38. The van der Waals surface area contributed by atoms with Crippen LogP contribution >= 0.6 is 0 Å². The highest BCUT2D eigenvalue weighted by atomic mass is 16.5. The first-order valence-corrected chi connectivity index (χ1v) is 7.19. The lowest BCUT2D eigenvalue weighted by molar-refractivity contribution is 0.229. The number of nitrogens with two attached hydrogens (primary N) is 1. The molecule has 0 atom stereocenters. The van der Waals surface area contributed by atoms with Crippen molar-refractivity contribution in [2.75, 3.05) is 11.4 Å². The molecule has 2 aromatic rings. The van der Waals surface area contributed by atoms with Crippen molar-refractivity contribution in [3.63, 3.8) is 0 Å². The van der Waals surface area contributed by atoms with Crippen molar-refractivity contribution in [3.05, 3.63) is 41.5 Å². The summed E-state index contributed by atoms with van der Waals surface area (Å²) in [6.07, 6.45) is 4.15. The van der Waals surface area contributed by atoms with Crippen LogP contribution in [0.1, 0.15) is 36.5 Å². The van der Waals surface area contributed by atoms with E-state index in [0.29, 0.717) is 18.3 Å². The standard InChI is InChI=1S/C15H18N4O/c16-15(7-3-8-15)14-17-13(20-18-14)10-19-9-6-11-4-1-2-5-12(11)19/h1-2,4-5H,3,6-10,16H2. The van der Waals surface area contributed by atoms with Crippen molar-refractivity contribution < 1.29 is 4.52 Å². The van der Waals surface area contributed by atoms with E-state index in [1.54, 1.807) is 0 Å². The van der Waals surface area contributed by atoms with Gasteiger partial charge in [-0.15, -0.1) is 0 Å². The predicted octanol–water partition coefficient (Wildman–Crippen LogP) is 1.97. The van der Waals surface area contributed by atoms with Crippen LogP contribution in [0.5, 0.6) is 0 Å². The van der Waals surface area contributed by atoms with Crippen molar-refractivity contribution in [1.82, 2.24) is 10.1 Å². The van der Waals surface area contributed by atoms with E-state index in [9.17, 15) is 0 Å². The quantitative estimate of drug-likeness (QED) is 0.923. The maximum Gasteiger partial charge on any atom is 0.246 e. The third-order valence-corrected chi connectivity index (χ3v) is 4.47. The van der Waals surface area contributed by atoms with E-state index in [2.05, 4.69) is 39.3 Å². The number of nitrogens with zero attached hydrogens (tertiary/aromatic N) is 3. The van der Waals surface area contributed by atoms with Crippen molar-refractivity contribution >= 4 is 5.69 Å². The number of benzene rings is 1. The van der Waals surface area contributed by atoms with E-state index in [0.717, 1.165) is 32.2 Å². The molecule has 2 aliphatic rings. The summed E-state index contributed by atoms with van der Waals surface area (Å²) in [6, 6.07) is 8.48. The monoisotopic (exact) mass is 270 g/mol. The van der Waals surface area contributed by atoms with Crippen LogP contribution in [0.2, 0.25) is 0 Å². The summed E-state index contributed by atoms with van der Waals surface area (Å²) in [4.78, 5) is 6.78. The Morgan fingerprint density at radius 3 is 2.95 bits per heavy atom. The smallest absolute Gasteiger partial charge is 0.246 e. The normalized spacial score (nSPS) is 19.8. The molecule has 1 saturated carbocycles. The SMILES string of the molecule is NC1(c2noc(CN3CCc4ccccc43)n2)CCC1. The van der Waals surface area contributed by atoms with E-state index in [1.807, 2.05) is 0 Å².